The Kier molecular flexibility index (Phi) is 8.73. The SMILES string of the molecule is CC(=O)N1CCC(C(=O)N(CCCN2[C@@H]3CC[C@H]2CC(n2c(C)nc4c2CCN(C(=O)C2CCC2)C4)C3)c2ccccc2)CC1. The smallest absolute Gasteiger partial charge is 0.230 e. The third kappa shape index (κ3) is 6.05. The van der Waals surface area contributed by atoms with Gasteiger partial charge in [0.25, 0.3) is 0 Å². The predicted octanol–water partition coefficient (Wildman–Crippen LogP) is 4.73. The number of imidazole rings is 1. The number of aromatic nitrogens is 2. The van der Waals surface area contributed by atoms with Crippen LogP contribution < -0.4 is 4.90 Å². The van der Waals surface area contributed by atoms with Gasteiger partial charge in [-0.2, -0.15) is 0 Å². The van der Waals surface area contributed by atoms with E-state index >= 15 is 0 Å². The Labute approximate surface area is 267 Å². The highest BCUT2D eigenvalue weighted by molar-refractivity contribution is 5.95. The summed E-state index contributed by atoms with van der Waals surface area (Å²) in [6.45, 7) is 8.35. The van der Waals surface area contributed by atoms with E-state index in [-0.39, 0.29) is 23.7 Å². The molecule has 2 aromatic rings. The summed E-state index contributed by atoms with van der Waals surface area (Å²) in [5.41, 5.74) is 3.47. The highest BCUT2D eigenvalue weighted by atomic mass is 16.2. The van der Waals surface area contributed by atoms with Crippen LogP contribution in [0.2, 0.25) is 0 Å². The summed E-state index contributed by atoms with van der Waals surface area (Å²) in [5.74, 6) is 1.99. The number of fused-ring (bicyclic) bond motifs is 3. The maximum absolute atomic E-state index is 13.8. The van der Waals surface area contributed by atoms with Crippen molar-refractivity contribution >= 4 is 23.4 Å². The van der Waals surface area contributed by atoms with Crippen molar-refractivity contribution < 1.29 is 14.4 Å². The molecule has 3 atom stereocenters. The number of hydrogen-bond donors (Lipinski definition) is 0. The van der Waals surface area contributed by atoms with Crippen molar-refractivity contribution in [3.8, 4) is 0 Å². The lowest BCUT2D eigenvalue weighted by atomic mass is 9.84. The van der Waals surface area contributed by atoms with E-state index in [1.807, 2.05) is 40.1 Å². The number of carbonyl (C=O) groups is 3. The molecule has 1 aliphatic carbocycles. The van der Waals surface area contributed by atoms with Gasteiger partial charge in [0.05, 0.1) is 12.2 Å². The molecule has 3 amide bonds. The largest absolute Gasteiger partial charge is 0.343 e. The minimum atomic E-state index is -0.0273. The van der Waals surface area contributed by atoms with Gasteiger partial charge in [-0.25, -0.2) is 4.98 Å². The Morgan fingerprint density at radius 2 is 1.58 bits per heavy atom. The maximum atomic E-state index is 13.8. The first kappa shape index (κ1) is 30.5. The molecule has 45 heavy (non-hydrogen) atoms. The van der Waals surface area contributed by atoms with Gasteiger partial charge in [0.2, 0.25) is 17.7 Å². The molecule has 0 N–H and O–H groups in total. The van der Waals surface area contributed by atoms with Crippen molar-refractivity contribution in [3.05, 3.63) is 47.5 Å². The molecule has 9 heteroatoms. The number of rotatable bonds is 8. The van der Waals surface area contributed by atoms with Crippen molar-refractivity contribution in [2.75, 3.05) is 37.6 Å². The average Bonchev–Trinajstić information content (AvgIpc) is 3.47. The van der Waals surface area contributed by atoms with E-state index in [2.05, 4.69) is 21.3 Å². The van der Waals surface area contributed by atoms with E-state index in [1.54, 1.807) is 6.92 Å². The van der Waals surface area contributed by atoms with Crippen LogP contribution in [0.15, 0.2) is 30.3 Å². The number of hydrogen-bond acceptors (Lipinski definition) is 5. The van der Waals surface area contributed by atoms with Crippen LogP contribution in [0.4, 0.5) is 5.69 Å². The van der Waals surface area contributed by atoms with Gasteiger partial charge in [-0.3, -0.25) is 19.3 Å². The third-order valence-corrected chi connectivity index (χ3v) is 11.6. The number of anilines is 1. The van der Waals surface area contributed by atoms with E-state index in [9.17, 15) is 14.4 Å². The Balaban J connectivity index is 0.972. The van der Waals surface area contributed by atoms with E-state index < -0.39 is 0 Å². The minimum Gasteiger partial charge on any atom is -0.343 e. The normalized spacial score (nSPS) is 25.6. The fourth-order valence-corrected chi connectivity index (χ4v) is 9.00. The van der Waals surface area contributed by atoms with Gasteiger partial charge in [-0.1, -0.05) is 24.6 Å². The molecule has 1 unspecified atom stereocenters. The summed E-state index contributed by atoms with van der Waals surface area (Å²) < 4.78 is 2.55. The molecule has 0 spiro atoms. The third-order valence-electron chi connectivity index (χ3n) is 11.6. The van der Waals surface area contributed by atoms with E-state index in [0.29, 0.717) is 43.7 Å². The standard InChI is InChI=1S/C36H50N6O3/c1-25-37-33-24-39(35(44)27-8-6-9-27)21-16-34(33)42(25)32-22-30-12-13-31(23-32)40(30)17-7-18-41(29-10-4-3-5-11-29)36(45)28-14-19-38(20-15-28)26(2)43/h3-5,10-11,27-28,30-32H,6-9,12-24H2,1-2H3/t30-,31+,32?. The quantitative estimate of drug-likeness (QED) is 0.430. The molecule has 2 bridgehead atoms. The van der Waals surface area contributed by atoms with Crippen LogP contribution in [0.5, 0.6) is 0 Å². The van der Waals surface area contributed by atoms with Crippen molar-refractivity contribution in [2.24, 2.45) is 11.8 Å². The molecular formula is C36H50N6O3. The van der Waals surface area contributed by atoms with Crippen LogP contribution in [-0.4, -0.2) is 86.8 Å². The van der Waals surface area contributed by atoms with E-state index in [0.717, 1.165) is 88.2 Å². The first-order valence-corrected chi connectivity index (χ1v) is 17.6. The predicted molar refractivity (Wildman–Crippen MR) is 174 cm³/mol. The number of nitrogens with zero attached hydrogens (tertiary/aromatic N) is 6. The first-order chi connectivity index (χ1) is 21.9. The number of piperidine rings is 2. The van der Waals surface area contributed by atoms with Crippen molar-refractivity contribution in [3.63, 3.8) is 0 Å². The molecule has 1 aromatic carbocycles. The molecule has 4 aliphatic heterocycles. The van der Waals surface area contributed by atoms with Gasteiger partial charge in [0.1, 0.15) is 5.82 Å². The Bertz CT molecular complexity index is 1380. The van der Waals surface area contributed by atoms with Crippen LogP contribution in [0, 0.1) is 18.8 Å². The second-order valence-electron chi connectivity index (χ2n) is 14.3. The Morgan fingerprint density at radius 1 is 0.867 bits per heavy atom. The fraction of sp³-hybridized carbons (Fsp3) is 0.667. The monoisotopic (exact) mass is 614 g/mol. The van der Waals surface area contributed by atoms with Crippen LogP contribution in [0.3, 0.4) is 0 Å². The number of amides is 3. The fourth-order valence-electron chi connectivity index (χ4n) is 9.00. The summed E-state index contributed by atoms with van der Waals surface area (Å²) in [6.07, 6.45) is 11.5. The number of para-hydroxylation sites is 1. The molecule has 242 valence electrons. The lowest BCUT2D eigenvalue weighted by molar-refractivity contribution is -0.139. The van der Waals surface area contributed by atoms with Gasteiger partial charge in [0.15, 0.2) is 0 Å². The van der Waals surface area contributed by atoms with Gasteiger partial charge in [0, 0.05) is 87.4 Å². The molecule has 9 nitrogen and oxygen atoms in total. The second-order valence-corrected chi connectivity index (χ2v) is 14.3. The minimum absolute atomic E-state index is 0.0273. The lowest BCUT2D eigenvalue weighted by Crippen LogP contribution is -2.46. The average molecular weight is 615 g/mol. The Hall–Kier alpha value is -3.20. The molecular weight excluding hydrogens is 564 g/mol. The molecule has 4 fully saturated rings. The van der Waals surface area contributed by atoms with Gasteiger partial charge >= 0.3 is 0 Å². The zero-order valence-electron chi connectivity index (χ0n) is 27.2. The van der Waals surface area contributed by atoms with E-state index in [1.165, 1.54) is 25.0 Å². The van der Waals surface area contributed by atoms with E-state index in [4.69, 9.17) is 4.98 Å². The van der Waals surface area contributed by atoms with Crippen molar-refractivity contribution in [2.45, 2.75) is 109 Å². The number of aryl methyl sites for hydroxylation is 1. The van der Waals surface area contributed by atoms with Crippen molar-refractivity contribution in [1.82, 2.24) is 24.3 Å². The van der Waals surface area contributed by atoms with Crippen molar-refractivity contribution in [1.29, 1.82) is 0 Å². The molecule has 7 rings (SSSR count). The zero-order chi connectivity index (χ0) is 31.1. The van der Waals surface area contributed by atoms with Gasteiger partial charge in [-0.15, -0.1) is 0 Å². The summed E-state index contributed by atoms with van der Waals surface area (Å²) in [4.78, 5) is 52.3. The summed E-state index contributed by atoms with van der Waals surface area (Å²) in [6, 6.07) is 11.8. The maximum Gasteiger partial charge on any atom is 0.230 e. The van der Waals surface area contributed by atoms with Crippen LogP contribution in [0.25, 0.3) is 0 Å². The Morgan fingerprint density at radius 3 is 2.22 bits per heavy atom. The number of likely N-dealkylation sites (tertiary alicyclic amines) is 1. The molecule has 1 aromatic heterocycles. The van der Waals surface area contributed by atoms with Gasteiger partial charge < -0.3 is 19.3 Å². The highest BCUT2D eigenvalue weighted by Gasteiger charge is 2.43. The van der Waals surface area contributed by atoms with Crippen LogP contribution in [0.1, 0.15) is 94.4 Å². The molecule has 3 saturated heterocycles. The van der Waals surface area contributed by atoms with Crippen LogP contribution >= 0.6 is 0 Å². The number of benzene rings is 1. The second kappa shape index (κ2) is 12.9. The topological polar surface area (TPSA) is 82.0 Å². The molecule has 1 saturated carbocycles. The summed E-state index contributed by atoms with van der Waals surface area (Å²) >= 11 is 0. The molecule has 0 radical (unpaired) electrons. The molecule has 5 aliphatic rings. The highest BCUT2D eigenvalue weighted by Crippen LogP contribution is 2.43. The number of carbonyl (C=O) groups excluding carboxylic acids is 3. The first-order valence-electron chi connectivity index (χ1n) is 17.6. The zero-order valence-corrected chi connectivity index (χ0v) is 27.2. The molecule has 5 heterocycles. The van der Waals surface area contributed by atoms with Crippen LogP contribution in [-0.2, 0) is 27.3 Å². The summed E-state index contributed by atoms with van der Waals surface area (Å²) in [7, 11) is 0. The van der Waals surface area contributed by atoms with Gasteiger partial charge in [-0.05, 0) is 76.8 Å². The lowest BCUT2D eigenvalue weighted by Gasteiger charge is -2.41. The summed E-state index contributed by atoms with van der Waals surface area (Å²) in [5, 5.41) is 0.